The second-order valence-electron chi connectivity index (χ2n) is 5.06. The number of esters is 1. The van der Waals surface area contributed by atoms with Gasteiger partial charge in [0.15, 0.2) is 0 Å². The van der Waals surface area contributed by atoms with Gasteiger partial charge in [-0.05, 0) is 12.0 Å². The molecule has 0 saturated carbocycles. The van der Waals surface area contributed by atoms with E-state index >= 15 is 0 Å². The van der Waals surface area contributed by atoms with Crippen LogP contribution in [0.4, 0.5) is 0 Å². The molecular weight excluding hydrogens is 348 g/mol. The predicted octanol–water partition coefficient (Wildman–Crippen LogP) is 4.34. The summed E-state index contributed by atoms with van der Waals surface area (Å²) < 4.78 is 4.78. The molecule has 0 heterocycles. The summed E-state index contributed by atoms with van der Waals surface area (Å²) in [6, 6.07) is 10.0. The fourth-order valence-corrected chi connectivity index (χ4v) is 1.49. The second kappa shape index (κ2) is 19.2. The number of aliphatic carboxylic acids is 2. The summed E-state index contributed by atoms with van der Waals surface area (Å²) in [6.07, 6.45) is 8.67. The zero-order valence-corrected chi connectivity index (χ0v) is 15.7. The molecule has 1 aromatic carbocycles. The minimum atomic E-state index is -1.26. The molecule has 0 unspecified atom stereocenters. The van der Waals surface area contributed by atoms with Crippen molar-refractivity contribution in [2.75, 3.05) is 6.61 Å². The van der Waals surface area contributed by atoms with E-state index in [4.69, 9.17) is 14.9 Å². The van der Waals surface area contributed by atoms with E-state index in [1.54, 1.807) is 0 Å². The zero-order valence-electron chi connectivity index (χ0n) is 15.7. The maximum absolute atomic E-state index is 10.5. The van der Waals surface area contributed by atoms with Crippen LogP contribution in [0.3, 0.4) is 0 Å². The normalized spacial score (nSPS) is 9.07. The van der Waals surface area contributed by atoms with E-state index in [0.29, 0.717) is 18.8 Å². The first kappa shape index (κ1) is 26.1. The van der Waals surface area contributed by atoms with Crippen LogP contribution < -0.4 is 0 Å². The van der Waals surface area contributed by atoms with E-state index in [2.05, 4.69) is 20.1 Å². The van der Waals surface area contributed by atoms with Crippen molar-refractivity contribution in [1.82, 2.24) is 0 Å². The van der Waals surface area contributed by atoms with Gasteiger partial charge in [0.05, 0.1) is 6.61 Å². The molecule has 1 rings (SSSR count). The summed E-state index contributed by atoms with van der Waals surface area (Å²) >= 11 is 0. The molecule has 0 amide bonds. The minimum absolute atomic E-state index is 0.318. The lowest BCUT2D eigenvalue weighted by atomic mass is 10.2. The fourth-order valence-electron chi connectivity index (χ4n) is 1.49. The van der Waals surface area contributed by atoms with E-state index in [-0.39, 0.29) is 5.97 Å². The van der Waals surface area contributed by atoms with Gasteiger partial charge in [0.2, 0.25) is 0 Å². The molecule has 148 valence electrons. The zero-order chi connectivity index (χ0) is 20.9. The number of carbonyl (C=O) groups excluding carboxylic acids is 1. The standard InChI is InChI=1S/C9H16O2.C8H8.C4H4O4/c1-3-5-6-7-8-11-9(10)4-2;1-2-8-6-4-3-5-7-8;5-3(6)1-2-4(7)8/h4H,2-3,5-8H2,1H3;2-7H,1H2;1-2H,(H,5,6)(H,7,8)/b;;2-1-. The summed E-state index contributed by atoms with van der Waals surface area (Å²) in [4.78, 5) is 29.6. The Hall–Kier alpha value is -3.15. The third-order valence-corrected chi connectivity index (χ3v) is 2.81. The Labute approximate surface area is 160 Å². The van der Waals surface area contributed by atoms with Crippen molar-refractivity contribution in [2.24, 2.45) is 0 Å². The highest BCUT2D eigenvalue weighted by Crippen LogP contribution is 1.99. The maximum atomic E-state index is 10.5. The molecule has 0 aliphatic rings. The Kier molecular flexibility index (Phi) is 18.5. The molecule has 0 aliphatic heterocycles. The molecule has 6 nitrogen and oxygen atoms in total. The summed E-state index contributed by atoms with van der Waals surface area (Å²) in [6.45, 7) is 9.61. The largest absolute Gasteiger partial charge is 0.478 e. The topological polar surface area (TPSA) is 101 Å². The molecule has 6 heteroatoms. The van der Waals surface area contributed by atoms with Crippen molar-refractivity contribution < 1.29 is 29.3 Å². The molecule has 0 atom stereocenters. The molecule has 27 heavy (non-hydrogen) atoms. The molecule has 1 aromatic rings. The van der Waals surface area contributed by atoms with Gasteiger partial charge in [-0.2, -0.15) is 0 Å². The van der Waals surface area contributed by atoms with Gasteiger partial charge in [0.25, 0.3) is 0 Å². The van der Waals surface area contributed by atoms with Crippen molar-refractivity contribution in [3.63, 3.8) is 0 Å². The summed E-state index contributed by atoms with van der Waals surface area (Å²) in [5.41, 5.74) is 1.17. The first-order valence-electron chi connectivity index (χ1n) is 8.47. The highest BCUT2D eigenvalue weighted by Gasteiger charge is 1.93. The molecule has 0 spiro atoms. The Morgan fingerprint density at radius 2 is 1.52 bits per heavy atom. The predicted molar refractivity (Wildman–Crippen MR) is 106 cm³/mol. The third-order valence-electron chi connectivity index (χ3n) is 2.81. The number of rotatable bonds is 9. The van der Waals surface area contributed by atoms with Crippen LogP contribution in [-0.2, 0) is 19.1 Å². The highest BCUT2D eigenvalue weighted by atomic mass is 16.5. The van der Waals surface area contributed by atoms with Crippen molar-refractivity contribution in [2.45, 2.75) is 32.6 Å². The van der Waals surface area contributed by atoms with Crippen LogP contribution >= 0.6 is 0 Å². The average molecular weight is 376 g/mol. The quantitative estimate of drug-likeness (QED) is 0.378. The molecular formula is C21H28O6. The number of carboxylic acid groups (broad SMARTS) is 2. The average Bonchev–Trinajstić information content (AvgIpc) is 2.67. The van der Waals surface area contributed by atoms with Gasteiger partial charge in [-0.1, -0.05) is 75.8 Å². The Bertz CT molecular complexity index is 574. The smallest absolute Gasteiger partial charge is 0.330 e. The van der Waals surface area contributed by atoms with Gasteiger partial charge >= 0.3 is 17.9 Å². The number of carboxylic acids is 2. The summed E-state index contributed by atoms with van der Waals surface area (Å²) in [5, 5.41) is 15.6. The second-order valence-corrected chi connectivity index (χ2v) is 5.06. The first-order valence-corrected chi connectivity index (χ1v) is 8.47. The Morgan fingerprint density at radius 3 is 1.89 bits per heavy atom. The SMILES string of the molecule is C=CC(=O)OCCCCCC.C=Cc1ccccc1.O=C(O)/C=C\C(=O)O. The third kappa shape index (κ3) is 22.9. The molecule has 0 saturated heterocycles. The Balaban J connectivity index is 0. The molecule has 0 fully saturated rings. The maximum Gasteiger partial charge on any atom is 0.330 e. The molecule has 0 aliphatic carbocycles. The number of ether oxygens (including phenoxy) is 1. The van der Waals surface area contributed by atoms with Gasteiger partial charge in [0, 0.05) is 18.2 Å². The van der Waals surface area contributed by atoms with Crippen molar-refractivity contribution >= 4 is 24.0 Å². The van der Waals surface area contributed by atoms with Gasteiger partial charge in [-0.25, -0.2) is 14.4 Å². The van der Waals surface area contributed by atoms with E-state index in [0.717, 1.165) is 12.8 Å². The lowest BCUT2D eigenvalue weighted by Crippen LogP contribution is -2.01. The van der Waals surface area contributed by atoms with Gasteiger partial charge in [-0.15, -0.1) is 0 Å². The number of carbonyl (C=O) groups is 3. The van der Waals surface area contributed by atoms with Gasteiger partial charge < -0.3 is 14.9 Å². The van der Waals surface area contributed by atoms with Crippen LogP contribution in [0.5, 0.6) is 0 Å². The molecule has 2 N–H and O–H groups in total. The summed E-state index contributed by atoms with van der Waals surface area (Å²) in [5.74, 6) is -2.83. The van der Waals surface area contributed by atoms with Crippen LogP contribution in [0, 0.1) is 0 Å². The Morgan fingerprint density at radius 1 is 0.963 bits per heavy atom. The van der Waals surface area contributed by atoms with E-state index < -0.39 is 11.9 Å². The lowest BCUT2D eigenvalue weighted by molar-refractivity contribution is -0.138. The van der Waals surface area contributed by atoms with Crippen molar-refractivity contribution in [3.05, 3.63) is 67.3 Å². The molecule has 0 aromatic heterocycles. The summed E-state index contributed by atoms with van der Waals surface area (Å²) in [7, 11) is 0. The fraction of sp³-hybridized carbons (Fsp3) is 0.286. The van der Waals surface area contributed by atoms with E-state index in [1.165, 1.54) is 24.5 Å². The van der Waals surface area contributed by atoms with Crippen LogP contribution in [0.25, 0.3) is 6.08 Å². The minimum Gasteiger partial charge on any atom is -0.478 e. The lowest BCUT2D eigenvalue weighted by Gasteiger charge is -1.99. The first-order chi connectivity index (χ1) is 12.9. The number of hydrogen-bond acceptors (Lipinski definition) is 4. The van der Waals surface area contributed by atoms with Gasteiger partial charge in [-0.3, -0.25) is 0 Å². The van der Waals surface area contributed by atoms with Crippen LogP contribution in [0.2, 0.25) is 0 Å². The molecule has 0 bridgehead atoms. The van der Waals surface area contributed by atoms with E-state index in [9.17, 15) is 14.4 Å². The number of hydrogen-bond donors (Lipinski definition) is 2. The van der Waals surface area contributed by atoms with Crippen LogP contribution in [0.15, 0.2) is 61.7 Å². The van der Waals surface area contributed by atoms with Crippen molar-refractivity contribution in [1.29, 1.82) is 0 Å². The van der Waals surface area contributed by atoms with Crippen LogP contribution in [0.1, 0.15) is 38.2 Å². The van der Waals surface area contributed by atoms with E-state index in [1.807, 2.05) is 36.4 Å². The van der Waals surface area contributed by atoms with Gasteiger partial charge in [0.1, 0.15) is 0 Å². The number of unbranched alkanes of at least 4 members (excludes halogenated alkanes) is 3. The molecule has 0 radical (unpaired) electrons. The monoisotopic (exact) mass is 376 g/mol. The van der Waals surface area contributed by atoms with Crippen molar-refractivity contribution in [3.8, 4) is 0 Å². The highest BCUT2D eigenvalue weighted by molar-refractivity contribution is 5.89. The van der Waals surface area contributed by atoms with Crippen LogP contribution in [-0.4, -0.2) is 34.7 Å². The number of benzene rings is 1.